The van der Waals surface area contributed by atoms with Crippen LogP contribution in [0, 0.1) is 0 Å². The quantitative estimate of drug-likeness (QED) is 0.816. The Kier molecular flexibility index (Phi) is 6.29. The molecular formula is C21H31N3O. The third kappa shape index (κ3) is 5.66. The first-order valence-corrected chi connectivity index (χ1v) is 9.07. The van der Waals surface area contributed by atoms with Gasteiger partial charge in [0.2, 0.25) is 0 Å². The van der Waals surface area contributed by atoms with E-state index >= 15 is 0 Å². The SMILES string of the molecule is CC[C@@H](C)N(Cc1cccn1Cc1ccccc1)C(=O)NC(C)(C)C. The summed E-state index contributed by atoms with van der Waals surface area (Å²) in [5, 5.41) is 3.09. The molecule has 2 rings (SSSR count). The van der Waals surface area contributed by atoms with Crippen molar-refractivity contribution in [2.75, 3.05) is 0 Å². The largest absolute Gasteiger partial charge is 0.345 e. The van der Waals surface area contributed by atoms with Gasteiger partial charge < -0.3 is 14.8 Å². The van der Waals surface area contributed by atoms with Gasteiger partial charge in [-0.1, -0.05) is 37.3 Å². The Morgan fingerprint density at radius 3 is 2.44 bits per heavy atom. The molecule has 0 aliphatic rings. The molecule has 1 atom stereocenters. The average molecular weight is 341 g/mol. The number of rotatable bonds is 6. The maximum Gasteiger partial charge on any atom is 0.318 e. The third-order valence-electron chi connectivity index (χ3n) is 4.32. The van der Waals surface area contributed by atoms with Crippen molar-refractivity contribution in [3.8, 4) is 0 Å². The molecule has 0 spiro atoms. The van der Waals surface area contributed by atoms with Crippen molar-refractivity contribution in [2.24, 2.45) is 0 Å². The van der Waals surface area contributed by atoms with Gasteiger partial charge in [0.1, 0.15) is 0 Å². The van der Waals surface area contributed by atoms with Gasteiger partial charge in [0, 0.05) is 30.0 Å². The highest BCUT2D eigenvalue weighted by atomic mass is 16.2. The molecule has 0 aliphatic heterocycles. The lowest BCUT2D eigenvalue weighted by Crippen LogP contribution is -2.51. The van der Waals surface area contributed by atoms with Crippen molar-refractivity contribution < 1.29 is 4.79 Å². The molecule has 0 radical (unpaired) electrons. The number of amides is 2. The van der Waals surface area contributed by atoms with Gasteiger partial charge in [-0.05, 0) is 51.8 Å². The Balaban J connectivity index is 2.16. The Hall–Kier alpha value is -2.23. The molecule has 0 unspecified atom stereocenters. The van der Waals surface area contributed by atoms with E-state index in [1.165, 1.54) is 5.56 Å². The highest BCUT2D eigenvalue weighted by molar-refractivity contribution is 5.75. The summed E-state index contributed by atoms with van der Waals surface area (Å²) < 4.78 is 2.22. The molecule has 0 saturated heterocycles. The predicted octanol–water partition coefficient (Wildman–Crippen LogP) is 4.65. The summed E-state index contributed by atoms with van der Waals surface area (Å²) in [6.07, 6.45) is 3.01. The van der Waals surface area contributed by atoms with Crippen molar-refractivity contribution in [1.82, 2.24) is 14.8 Å². The van der Waals surface area contributed by atoms with E-state index in [4.69, 9.17) is 0 Å². The van der Waals surface area contributed by atoms with E-state index < -0.39 is 0 Å². The van der Waals surface area contributed by atoms with Gasteiger partial charge in [-0.25, -0.2) is 4.79 Å². The number of hydrogen-bond donors (Lipinski definition) is 1. The van der Waals surface area contributed by atoms with Crippen LogP contribution in [-0.4, -0.2) is 27.1 Å². The predicted molar refractivity (Wildman–Crippen MR) is 104 cm³/mol. The van der Waals surface area contributed by atoms with Crippen LogP contribution in [0.4, 0.5) is 4.79 Å². The molecule has 4 heteroatoms. The maximum atomic E-state index is 12.8. The van der Waals surface area contributed by atoms with E-state index in [-0.39, 0.29) is 17.6 Å². The molecule has 0 fully saturated rings. The zero-order valence-corrected chi connectivity index (χ0v) is 16.1. The monoisotopic (exact) mass is 341 g/mol. The van der Waals surface area contributed by atoms with Crippen LogP contribution in [0.3, 0.4) is 0 Å². The van der Waals surface area contributed by atoms with E-state index in [9.17, 15) is 4.79 Å². The van der Waals surface area contributed by atoms with Crippen LogP contribution in [-0.2, 0) is 13.1 Å². The number of hydrogen-bond acceptors (Lipinski definition) is 1. The molecular weight excluding hydrogens is 310 g/mol. The second-order valence-electron chi connectivity index (χ2n) is 7.68. The van der Waals surface area contributed by atoms with Crippen LogP contribution >= 0.6 is 0 Å². The lowest BCUT2D eigenvalue weighted by Gasteiger charge is -2.32. The second kappa shape index (κ2) is 8.24. The molecule has 0 bridgehead atoms. The molecule has 1 aromatic carbocycles. The Morgan fingerprint density at radius 1 is 1.16 bits per heavy atom. The third-order valence-corrected chi connectivity index (χ3v) is 4.32. The van der Waals surface area contributed by atoms with Crippen LogP contribution in [0.1, 0.15) is 52.3 Å². The molecule has 2 aromatic rings. The summed E-state index contributed by atoms with van der Waals surface area (Å²) in [5.74, 6) is 0. The standard InChI is InChI=1S/C21H31N3O/c1-6-17(2)24(20(25)22-21(3,4)5)16-19-13-10-14-23(19)15-18-11-8-7-9-12-18/h7-14,17H,6,15-16H2,1-5H3,(H,22,25)/t17-/m1/s1. The van der Waals surface area contributed by atoms with Gasteiger partial charge in [-0.3, -0.25) is 0 Å². The molecule has 0 aliphatic carbocycles. The fourth-order valence-corrected chi connectivity index (χ4v) is 2.74. The Bertz CT molecular complexity index is 670. The molecule has 2 amide bonds. The fourth-order valence-electron chi connectivity index (χ4n) is 2.74. The first-order chi connectivity index (χ1) is 11.8. The summed E-state index contributed by atoms with van der Waals surface area (Å²) in [6, 6.07) is 14.7. The second-order valence-corrected chi connectivity index (χ2v) is 7.68. The van der Waals surface area contributed by atoms with Crippen LogP contribution in [0.2, 0.25) is 0 Å². The first-order valence-electron chi connectivity index (χ1n) is 9.07. The van der Waals surface area contributed by atoms with Crippen molar-refractivity contribution in [2.45, 2.75) is 65.7 Å². The normalized spacial score (nSPS) is 12.7. The molecule has 25 heavy (non-hydrogen) atoms. The minimum atomic E-state index is -0.241. The van der Waals surface area contributed by atoms with Gasteiger partial charge in [-0.15, -0.1) is 0 Å². The number of nitrogens with one attached hydrogen (secondary N) is 1. The topological polar surface area (TPSA) is 37.3 Å². The number of nitrogens with zero attached hydrogens (tertiary/aromatic N) is 2. The lowest BCUT2D eigenvalue weighted by molar-refractivity contribution is 0.163. The number of aromatic nitrogens is 1. The minimum Gasteiger partial charge on any atom is -0.345 e. The fraction of sp³-hybridized carbons (Fsp3) is 0.476. The number of carbonyl (C=O) groups excluding carboxylic acids is 1. The van der Waals surface area contributed by atoms with Gasteiger partial charge in [-0.2, -0.15) is 0 Å². The highest BCUT2D eigenvalue weighted by Crippen LogP contribution is 2.15. The summed E-state index contributed by atoms with van der Waals surface area (Å²) in [4.78, 5) is 14.7. The maximum absolute atomic E-state index is 12.8. The van der Waals surface area contributed by atoms with Crippen molar-refractivity contribution in [3.05, 3.63) is 59.9 Å². The van der Waals surface area contributed by atoms with E-state index in [1.54, 1.807) is 0 Å². The molecule has 4 nitrogen and oxygen atoms in total. The smallest absolute Gasteiger partial charge is 0.318 e. The minimum absolute atomic E-state index is 0.00527. The summed E-state index contributed by atoms with van der Waals surface area (Å²) in [6.45, 7) is 11.7. The highest BCUT2D eigenvalue weighted by Gasteiger charge is 2.24. The van der Waals surface area contributed by atoms with Crippen LogP contribution in [0.25, 0.3) is 0 Å². The van der Waals surface area contributed by atoms with Crippen LogP contribution in [0.5, 0.6) is 0 Å². The van der Waals surface area contributed by atoms with Gasteiger partial charge >= 0.3 is 6.03 Å². The van der Waals surface area contributed by atoms with Crippen molar-refractivity contribution >= 4 is 6.03 Å². The van der Waals surface area contributed by atoms with E-state index in [0.717, 1.165) is 18.7 Å². The van der Waals surface area contributed by atoms with Crippen molar-refractivity contribution in [1.29, 1.82) is 0 Å². The zero-order chi connectivity index (χ0) is 18.4. The first kappa shape index (κ1) is 19.1. The van der Waals surface area contributed by atoms with Gasteiger partial charge in [0.05, 0.1) is 6.54 Å². The molecule has 1 aromatic heterocycles. The van der Waals surface area contributed by atoms with Crippen molar-refractivity contribution in [3.63, 3.8) is 0 Å². The summed E-state index contributed by atoms with van der Waals surface area (Å²) in [7, 11) is 0. The van der Waals surface area contributed by atoms with E-state index in [0.29, 0.717) is 6.54 Å². The zero-order valence-electron chi connectivity index (χ0n) is 16.1. The summed E-state index contributed by atoms with van der Waals surface area (Å²) in [5.41, 5.74) is 2.16. The van der Waals surface area contributed by atoms with E-state index in [2.05, 4.69) is 66.3 Å². The molecule has 0 saturated carbocycles. The summed E-state index contributed by atoms with van der Waals surface area (Å²) >= 11 is 0. The molecule has 136 valence electrons. The number of benzene rings is 1. The molecule has 1 N–H and O–H groups in total. The van der Waals surface area contributed by atoms with E-state index in [1.807, 2.05) is 31.7 Å². The lowest BCUT2D eigenvalue weighted by atomic mass is 10.1. The van der Waals surface area contributed by atoms with Gasteiger partial charge in [0.15, 0.2) is 0 Å². The molecule has 1 heterocycles. The number of urea groups is 1. The van der Waals surface area contributed by atoms with Crippen LogP contribution in [0.15, 0.2) is 48.7 Å². The average Bonchev–Trinajstić information content (AvgIpc) is 2.98. The van der Waals surface area contributed by atoms with Gasteiger partial charge in [0.25, 0.3) is 0 Å². The van der Waals surface area contributed by atoms with Crippen LogP contribution < -0.4 is 5.32 Å². The Labute approximate surface area is 151 Å². The Morgan fingerprint density at radius 2 is 1.84 bits per heavy atom. The number of carbonyl (C=O) groups is 1.